The van der Waals surface area contributed by atoms with E-state index in [1.807, 2.05) is 0 Å². The van der Waals surface area contributed by atoms with Gasteiger partial charge < -0.3 is 25.3 Å². The fraction of sp³-hybridized carbons (Fsp3) is 0.583. The number of rotatable bonds is 9. The van der Waals surface area contributed by atoms with Gasteiger partial charge >= 0.3 is 12.2 Å². The minimum absolute atomic E-state index is 0.0270. The zero-order chi connectivity index (χ0) is 29.7. The molecule has 3 amide bonds. The van der Waals surface area contributed by atoms with Gasteiger partial charge in [0.2, 0.25) is 0 Å². The molecule has 0 radical (unpaired) electrons. The summed E-state index contributed by atoms with van der Waals surface area (Å²) < 4.78 is 77.8. The molecule has 1 aliphatic carbocycles. The number of hydrogen-bond acceptors (Lipinski definition) is 8. The summed E-state index contributed by atoms with van der Waals surface area (Å²) in [5.74, 6) is -3.94. The van der Waals surface area contributed by atoms with Gasteiger partial charge in [0.1, 0.15) is 17.6 Å². The number of ether oxygens (including phenoxy) is 1. The number of alkyl halides is 5. The van der Waals surface area contributed by atoms with Crippen molar-refractivity contribution in [1.29, 1.82) is 0 Å². The highest BCUT2D eigenvalue weighted by Gasteiger charge is 2.47. The molecule has 5 rings (SSSR count). The molecule has 17 heteroatoms. The number of urea groups is 1. The fourth-order valence-electron chi connectivity index (χ4n) is 4.75. The number of halogens is 5. The number of H-pyrrole nitrogens is 1. The van der Waals surface area contributed by atoms with Crippen molar-refractivity contribution in [2.45, 2.75) is 70.0 Å². The maximum atomic E-state index is 14.2. The van der Waals surface area contributed by atoms with Crippen molar-refractivity contribution in [3.8, 4) is 0 Å². The van der Waals surface area contributed by atoms with E-state index in [1.54, 1.807) is 12.1 Å². The highest BCUT2D eigenvalue weighted by atomic mass is 19.4. The first-order valence-electron chi connectivity index (χ1n) is 12.8. The molecule has 0 spiro atoms. The number of nitrogens with zero attached hydrogens (tertiary/aromatic N) is 5. The van der Waals surface area contributed by atoms with Gasteiger partial charge in [-0.15, -0.1) is 0 Å². The number of carbonyl (C=O) groups excluding carboxylic acids is 2. The molecule has 1 saturated carbocycles. The van der Waals surface area contributed by atoms with Crippen LogP contribution in [0.3, 0.4) is 0 Å². The SMILES string of the molecule is Cc1nonc1C(=O)N[C@H](c1nc2nc([C@@H](C3CC3)N3CC(F)(F)CNC3=O)ccc2[nH]1)[C@@H](C)O[C@H](C)C(F)(F)F. The molecule has 2 aliphatic rings. The van der Waals surface area contributed by atoms with Crippen molar-refractivity contribution < 1.29 is 40.9 Å². The molecule has 1 saturated heterocycles. The van der Waals surface area contributed by atoms with Crippen LogP contribution in [-0.2, 0) is 4.74 Å². The molecule has 3 aromatic rings. The minimum Gasteiger partial charge on any atom is -0.364 e. The standard InChI is InChI=1S/C24H27F5N8O4/c1-10-16(36-41-35-10)21(38)33-17(11(2)40-12(3)24(27,28)29)20-32-15-7-6-14(31-19(15)34-20)18(13-4-5-13)37-9-23(25,26)8-30-22(37)39/h6-7,11-13,17-18H,4-5,8-9H2,1-3H3,(H,30,39)(H,33,38)(H,31,32,34)/t11-,12-,17+,18-/m1/s1. The molecule has 3 aromatic heterocycles. The number of aryl methyl sites for hydroxylation is 1. The van der Waals surface area contributed by atoms with Crippen molar-refractivity contribution in [2.24, 2.45) is 5.92 Å². The third-order valence-electron chi connectivity index (χ3n) is 7.05. The number of amides is 3. The van der Waals surface area contributed by atoms with E-state index in [1.165, 1.54) is 13.8 Å². The van der Waals surface area contributed by atoms with Crippen molar-refractivity contribution in [1.82, 2.24) is 40.8 Å². The Hall–Kier alpha value is -3.89. The lowest BCUT2D eigenvalue weighted by atomic mass is 10.0. The summed E-state index contributed by atoms with van der Waals surface area (Å²) in [6, 6.07) is 0.586. The quantitative estimate of drug-likeness (QED) is 0.322. The Morgan fingerprint density at radius 2 is 1.95 bits per heavy atom. The van der Waals surface area contributed by atoms with Crippen LogP contribution in [0.2, 0.25) is 0 Å². The van der Waals surface area contributed by atoms with Crippen LogP contribution in [0.4, 0.5) is 26.7 Å². The topological polar surface area (TPSA) is 151 Å². The molecule has 41 heavy (non-hydrogen) atoms. The van der Waals surface area contributed by atoms with E-state index in [0.717, 1.165) is 24.7 Å². The van der Waals surface area contributed by atoms with Gasteiger partial charge in [0.05, 0.1) is 36.4 Å². The number of nitrogens with one attached hydrogen (secondary N) is 3. The van der Waals surface area contributed by atoms with Crippen molar-refractivity contribution >= 4 is 23.1 Å². The average Bonchev–Trinajstić information content (AvgIpc) is 3.48. The number of fused-ring (bicyclic) bond motifs is 1. The summed E-state index contributed by atoms with van der Waals surface area (Å²) >= 11 is 0. The predicted molar refractivity (Wildman–Crippen MR) is 130 cm³/mol. The monoisotopic (exact) mass is 586 g/mol. The smallest absolute Gasteiger partial charge is 0.364 e. The number of aromatic amines is 1. The predicted octanol–water partition coefficient (Wildman–Crippen LogP) is 3.59. The van der Waals surface area contributed by atoms with Crippen LogP contribution in [0.25, 0.3) is 11.2 Å². The molecule has 1 aliphatic heterocycles. The number of hydrogen-bond donors (Lipinski definition) is 3. The van der Waals surface area contributed by atoms with E-state index in [0.29, 0.717) is 11.2 Å². The van der Waals surface area contributed by atoms with Gasteiger partial charge in [-0.05, 0) is 56.8 Å². The second kappa shape index (κ2) is 10.5. The second-order valence-electron chi connectivity index (χ2n) is 10.3. The van der Waals surface area contributed by atoms with Gasteiger partial charge in [0, 0.05) is 0 Å². The summed E-state index contributed by atoms with van der Waals surface area (Å²) in [4.78, 5) is 38.4. The summed E-state index contributed by atoms with van der Waals surface area (Å²) in [7, 11) is 0. The molecule has 12 nitrogen and oxygen atoms in total. The van der Waals surface area contributed by atoms with Crippen LogP contribution in [0.1, 0.15) is 66.5 Å². The molecule has 3 N–H and O–H groups in total. The Morgan fingerprint density at radius 1 is 1.22 bits per heavy atom. The minimum atomic E-state index is -4.66. The van der Waals surface area contributed by atoms with Crippen LogP contribution in [0.15, 0.2) is 16.8 Å². The van der Waals surface area contributed by atoms with Gasteiger partial charge in [-0.2, -0.15) is 13.2 Å². The molecular formula is C24H27F5N8O4. The summed E-state index contributed by atoms with van der Waals surface area (Å²) in [6.45, 7) is 2.13. The Kier molecular flexibility index (Phi) is 7.33. The van der Waals surface area contributed by atoms with Crippen LogP contribution in [0.5, 0.6) is 0 Å². The van der Waals surface area contributed by atoms with E-state index in [-0.39, 0.29) is 28.8 Å². The van der Waals surface area contributed by atoms with E-state index in [4.69, 9.17) is 4.74 Å². The van der Waals surface area contributed by atoms with Gasteiger partial charge in [-0.25, -0.2) is 28.2 Å². The Bertz CT molecular complexity index is 1440. The summed E-state index contributed by atoms with van der Waals surface area (Å²) in [5, 5.41) is 11.8. The summed E-state index contributed by atoms with van der Waals surface area (Å²) in [5.41, 5.74) is 0.799. The lowest BCUT2D eigenvalue weighted by Gasteiger charge is -2.38. The van der Waals surface area contributed by atoms with Gasteiger partial charge in [0.25, 0.3) is 11.8 Å². The fourth-order valence-corrected chi connectivity index (χ4v) is 4.75. The van der Waals surface area contributed by atoms with E-state index >= 15 is 0 Å². The normalized spacial score (nSPS) is 20.4. The van der Waals surface area contributed by atoms with Gasteiger partial charge in [0.15, 0.2) is 17.4 Å². The molecule has 2 fully saturated rings. The number of imidazole rings is 1. The molecule has 4 atom stereocenters. The third kappa shape index (κ3) is 6.08. The van der Waals surface area contributed by atoms with Crippen LogP contribution in [0, 0.1) is 12.8 Å². The summed E-state index contributed by atoms with van der Waals surface area (Å²) in [6.07, 6.45) is -6.61. The van der Waals surface area contributed by atoms with Crippen LogP contribution >= 0.6 is 0 Å². The molecule has 4 heterocycles. The van der Waals surface area contributed by atoms with E-state index in [2.05, 4.69) is 40.5 Å². The van der Waals surface area contributed by atoms with E-state index in [9.17, 15) is 31.5 Å². The lowest BCUT2D eigenvalue weighted by molar-refractivity contribution is -0.227. The zero-order valence-corrected chi connectivity index (χ0v) is 22.1. The van der Waals surface area contributed by atoms with Crippen LogP contribution < -0.4 is 10.6 Å². The first-order valence-corrected chi connectivity index (χ1v) is 12.8. The molecule has 222 valence electrons. The van der Waals surface area contributed by atoms with Crippen molar-refractivity contribution in [2.75, 3.05) is 13.1 Å². The highest BCUT2D eigenvalue weighted by molar-refractivity contribution is 5.93. The Labute approximate surface area is 229 Å². The molecule has 0 bridgehead atoms. The first kappa shape index (κ1) is 28.6. The zero-order valence-electron chi connectivity index (χ0n) is 22.1. The molecule has 0 unspecified atom stereocenters. The van der Waals surface area contributed by atoms with Gasteiger partial charge in [-0.1, -0.05) is 5.16 Å². The first-order chi connectivity index (χ1) is 19.2. The Balaban J connectivity index is 1.47. The second-order valence-corrected chi connectivity index (χ2v) is 10.3. The van der Waals surface area contributed by atoms with Crippen molar-refractivity contribution in [3.63, 3.8) is 0 Å². The third-order valence-corrected chi connectivity index (χ3v) is 7.05. The maximum absolute atomic E-state index is 14.2. The molecule has 0 aromatic carbocycles. The number of carbonyl (C=O) groups is 2. The largest absolute Gasteiger partial charge is 0.414 e. The highest BCUT2D eigenvalue weighted by Crippen LogP contribution is 2.45. The lowest BCUT2D eigenvalue weighted by Crippen LogP contribution is -2.58. The number of pyridine rings is 1. The average molecular weight is 587 g/mol. The number of aromatic nitrogens is 5. The van der Waals surface area contributed by atoms with Crippen molar-refractivity contribution in [3.05, 3.63) is 35.0 Å². The van der Waals surface area contributed by atoms with Gasteiger partial charge in [-0.3, -0.25) is 4.79 Å². The Morgan fingerprint density at radius 3 is 2.59 bits per heavy atom. The van der Waals surface area contributed by atoms with Crippen LogP contribution in [-0.4, -0.2) is 79.5 Å². The van der Waals surface area contributed by atoms with E-state index < -0.39 is 61.4 Å². The maximum Gasteiger partial charge on any atom is 0.414 e. The molecular weight excluding hydrogens is 559 g/mol.